The molecule has 0 amide bonds. The highest BCUT2D eigenvalue weighted by Gasteiger charge is 2.41. The standard InChI is InChI=1S/C14H7F4N3O2S/c15-9-4-2-1-3-7(9)10-6-24-13(20-10)21-11(14(16,17)18)8(5-19-21)12(22)23/h1-6H,(H,22,23). The Labute approximate surface area is 135 Å². The molecule has 0 unspecified atom stereocenters. The molecule has 124 valence electrons. The molecule has 0 atom stereocenters. The first-order valence-corrected chi connectivity index (χ1v) is 7.26. The average molecular weight is 357 g/mol. The van der Waals surface area contributed by atoms with Gasteiger partial charge in [-0.2, -0.15) is 18.3 Å². The van der Waals surface area contributed by atoms with Crippen LogP contribution in [0.25, 0.3) is 16.4 Å². The molecule has 3 aromatic rings. The van der Waals surface area contributed by atoms with Crippen molar-refractivity contribution in [2.75, 3.05) is 0 Å². The van der Waals surface area contributed by atoms with Gasteiger partial charge >= 0.3 is 12.1 Å². The minimum absolute atomic E-state index is 0.124. The van der Waals surface area contributed by atoms with E-state index in [4.69, 9.17) is 5.11 Å². The molecule has 3 rings (SSSR count). The molecule has 0 aliphatic heterocycles. The van der Waals surface area contributed by atoms with Crippen LogP contribution in [0.5, 0.6) is 0 Å². The second kappa shape index (κ2) is 5.71. The van der Waals surface area contributed by atoms with Crippen molar-refractivity contribution in [3.8, 4) is 16.4 Å². The van der Waals surface area contributed by atoms with Gasteiger partial charge in [0.2, 0.25) is 5.13 Å². The summed E-state index contributed by atoms with van der Waals surface area (Å²) in [6.45, 7) is 0. The maximum absolute atomic E-state index is 13.8. The van der Waals surface area contributed by atoms with Crippen LogP contribution < -0.4 is 0 Å². The largest absolute Gasteiger partial charge is 0.478 e. The first-order valence-electron chi connectivity index (χ1n) is 6.38. The number of alkyl halides is 3. The van der Waals surface area contributed by atoms with Gasteiger partial charge in [-0.25, -0.2) is 18.9 Å². The maximum atomic E-state index is 13.8. The summed E-state index contributed by atoms with van der Waals surface area (Å²) >= 11 is 0.791. The van der Waals surface area contributed by atoms with Crippen LogP contribution in [0.15, 0.2) is 35.8 Å². The maximum Gasteiger partial charge on any atom is 0.434 e. The summed E-state index contributed by atoms with van der Waals surface area (Å²) in [7, 11) is 0. The van der Waals surface area contributed by atoms with E-state index < -0.39 is 29.2 Å². The molecule has 0 radical (unpaired) electrons. The van der Waals surface area contributed by atoms with E-state index in [0.29, 0.717) is 10.9 Å². The first-order chi connectivity index (χ1) is 11.3. The summed E-state index contributed by atoms with van der Waals surface area (Å²) in [5, 5.41) is 13.5. The zero-order chi connectivity index (χ0) is 17.5. The second-order valence-corrected chi connectivity index (χ2v) is 5.45. The van der Waals surface area contributed by atoms with Crippen LogP contribution in [0.2, 0.25) is 0 Å². The fraction of sp³-hybridized carbons (Fsp3) is 0.0714. The van der Waals surface area contributed by atoms with Gasteiger partial charge < -0.3 is 5.11 Å². The van der Waals surface area contributed by atoms with Gasteiger partial charge in [-0.05, 0) is 12.1 Å². The first kappa shape index (κ1) is 16.1. The molecule has 0 saturated heterocycles. The van der Waals surface area contributed by atoms with Crippen LogP contribution in [0.1, 0.15) is 16.1 Å². The molecule has 2 aromatic heterocycles. The molecule has 0 saturated carbocycles. The Morgan fingerprint density at radius 1 is 1.25 bits per heavy atom. The zero-order valence-corrected chi connectivity index (χ0v) is 12.4. The fourth-order valence-corrected chi connectivity index (χ4v) is 2.86. The number of benzene rings is 1. The lowest BCUT2D eigenvalue weighted by molar-refractivity contribution is -0.143. The number of rotatable bonds is 3. The van der Waals surface area contributed by atoms with Gasteiger partial charge in [-0.15, -0.1) is 11.3 Å². The van der Waals surface area contributed by atoms with Crippen molar-refractivity contribution in [2.45, 2.75) is 6.18 Å². The molecule has 1 N–H and O–H groups in total. The fourth-order valence-electron chi connectivity index (χ4n) is 2.08. The lowest BCUT2D eigenvalue weighted by Gasteiger charge is -2.09. The molecule has 5 nitrogen and oxygen atoms in total. The summed E-state index contributed by atoms with van der Waals surface area (Å²) < 4.78 is 53.7. The lowest BCUT2D eigenvalue weighted by atomic mass is 10.2. The van der Waals surface area contributed by atoms with E-state index in [2.05, 4.69) is 10.1 Å². The smallest absolute Gasteiger partial charge is 0.434 e. The topological polar surface area (TPSA) is 68.0 Å². The Kier molecular flexibility index (Phi) is 3.84. The summed E-state index contributed by atoms with van der Waals surface area (Å²) in [5.74, 6) is -2.32. The van der Waals surface area contributed by atoms with Gasteiger partial charge in [0, 0.05) is 10.9 Å². The van der Waals surface area contributed by atoms with E-state index in [1.54, 1.807) is 6.07 Å². The van der Waals surface area contributed by atoms with Crippen molar-refractivity contribution in [1.29, 1.82) is 0 Å². The summed E-state index contributed by atoms with van der Waals surface area (Å²) in [4.78, 5) is 14.9. The predicted octanol–water partition coefficient (Wildman–Crippen LogP) is 3.85. The highest BCUT2D eigenvalue weighted by atomic mass is 32.1. The van der Waals surface area contributed by atoms with Crippen LogP contribution in [0, 0.1) is 5.82 Å². The van der Waals surface area contributed by atoms with Crippen LogP contribution in [-0.2, 0) is 6.18 Å². The molecule has 1 aromatic carbocycles. The molecule has 0 spiro atoms. The normalized spacial score (nSPS) is 11.7. The van der Waals surface area contributed by atoms with Crippen LogP contribution in [0.3, 0.4) is 0 Å². The van der Waals surface area contributed by atoms with E-state index in [1.807, 2.05) is 0 Å². The lowest BCUT2D eigenvalue weighted by Crippen LogP contribution is -2.17. The minimum Gasteiger partial charge on any atom is -0.478 e. The third kappa shape index (κ3) is 2.75. The van der Waals surface area contributed by atoms with Crippen molar-refractivity contribution >= 4 is 17.3 Å². The molecular weight excluding hydrogens is 350 g/mol. The second-order valence-electron chi connectivity index (χ2n) is 4.62. The number of hydrogen-bond acceptors (Lipinski definition) is 4. The molecule has 24 heavy (non-hydrogen) atoms. The van der Waals surface area contributed by atoms with E-state index in [0.717, 1.165) is 11.3 Å². The number of aromatic nitrogens is 3. The number of carboxylic acids is 1. The summed E-state index contributed by atoms with van der Waals surface area (Å²) in [6.07, 6.45) is -4.33. The number of hydrogen-bond donors (Lipinski definition) is 1. The van der Waals surface area contributed by atoms with Crippen molar-refractivity contribution < 1.29 is 27.5 Å². The van der Waals surface area contributed by atoms with Gasteiger partial charge in [0.05, 0.1) is 11.9 Å². The number of nitrogens with zero attached hydrogens (tertiary/aromatic N) is 3. The number of carbonyl (C=O) groups is 1. The Bertz CT molecular complexity index is 917. The zero-order valence-electron chi connectivity index (χ0n) is 11.6. The number of aromatic carboxylic acids is 1. The van der Waals surface area contributed by atoms with Gasteiger partial charge in [0.25, 0.3) is 0 Å². The summed E-state index contributed by atoms with van der Waals surface area (Å²) in [5.41, 5.74) is -2.16. The molecule has 0 bridgehead atoms. The Morgan fingerprint density at radius 2 is 1.96 bits per heavy atom. The van der Waals surface area contributed by atoms with Crippen molar-refractivity contribution in [2.24, 2.45) is 0 Å². The van der Waals surface area contributed by atoms with Gasteiger partial charge in [0.15, 0.2) is 5.69 Å². The molecule has 0 fully saturated rings. The Balaban J connectivity index is 2.12. The van der Waals surface area contributed by atoms with E-state index in [1.165, 1.54) is 23.6 Å². The molecule has 10 heteroatoms. The SMILES string of the molecule is O=C(O)c1cnn(-c2nc(-c3ccccc3F)cs2)c1C(F)(F)F. The van der Waals surface area contributed by atoms with Crippen LogP contribution in [0.4, 0.5) is 17.6 Å². The van der Waals surface area contributed by atoms with E-state index >= 15 is 0 Å². The molecule has 2 heterocycles. The third-order valence-corrected chi connectivity index (χ3v) is 3.91. The number of halogens is 4. The van der Waals surface area contributed by atoms with Crippen molar-refractivity contribution in [1.82, 2.24) is 14.8 Å². The molecule has 0 aliphatic rings. The molecule has 0 aliphatic carbocycles. The average Bonchev–Trinajstić information content (AvgIpc) is 3.13. The highest BCUT2D eigenvalue weighted by Crippen LogP contribution is 2.35. The van der Waals surface area contributed by atoms with Gasteiger partial charge in [-0.3, -0.25) is 0 Å². The molecular formula is C14H7F4N3O2S. The predicted molar refractivity (Wildman–Crippen MR) is 76.6 cm³/mol. The Morgan fingerprint density at radius 3 is 2.58 bits per heavy atom. The van der Waals surface area contributed by atoms with Crippen molar-refractivity contribution in [3.05, 3.63) is 52.9 Å². The van der Waals surface area contributed by atoms with Crippen LogP contribution in [-0.4, -0.2) is 25.8 Å². The number of thiazole rings is 1. The monoisotopic (exact) mass is 357 g/mol. The van der Waals surface area contributed by atoms with Crippen molar-refractivity contribution in [3.63, 3.8) is 0 Å². The van der Waals surface area contributed by atoms with E-state index in [-0.39, 0.29) is 16.4 Å². The van der Waals surface area contributed by atoms with E-state index in [9.17, 15) is 22.4 Å². The minimum atomic E-state index is -4.94. The Hall–Kier alpha value is -2.75. The van der Waals surface area contributed by atoms with Gasteiger partial charge in [-0.1, -0.05) is 12.1 Å². The highest BCUT2D eigenvalue weighted by molar-refractivity contribution is 7.12. The summed E-state index contributed by atoms with van der Waals surface area (Å²) in [6, 6.07) is 5.67. The van der Waals surface area contributed by atoms with Crippen LogP contribution >= 0.6 is 11.3 Å². The third-order valence-electron chi connectivity index (χ3n) is 3.09. The number of carboxylic acid groups (broad SMARTS) is 1. The van der Waals surface area contributed by atoms with Gasteiger partial charge in [0.1, 0.15) is 11.4 Å². The quantitative estimate of drug-likeness (QED) is 0.723.